The molecule has 3 amide bonds. The summed E-state index contributed by atoms with van der Waals surface area (Å²) in [5, 5.41) is 5.95. The Morgan fingerprint density at radius 1 is 1.20 bits per heavy atom. The third-order valence-corrected chi connectivity index (χ3v) is 7.92. The number of methoxy groups -OCH3 is 1. The average Bonchev–Trinajstić information content (AvgIpc) is 3.30. The van der Waals surface area contributed by atoms with E-state index in [1.807, 2.05) is 29.2 Å². The molecule has 7 heteroatoms. The predicted molar refractivity (Wildman–Crippen MR) is 117 cm³/mol. The molecule has 3 aliphatic rings. The van der Waals surface area contributed by atoms with E-state index >= 15 is 0 Å². The van der Waals surface area contributed by atoms with E-state index in [2.05, 4.69) is 22.5 Å². The molecule has 1 aromatic carbocycles. The minimum atomic E-state index is -0.254. The number of likely N-dealkylation sites (tertiary alicyclic amines) is 2. The molecule has 4 rings (SSSR count). The number of nitrogens with one attached hydrogen (secondary N) is 2. The van der Waals surface area contributed by atoms with E-state index in [4.69, 9.17) is 4.74 Å². The third kappa shape index (κ3) is 3.43. The Balaban J connectivity index is 1.43. The minimum absolute atomic E-state index is 0.0599. The first-order valence-corrected chi connectivity index (χ1v) is 11.1. The van der Waals surface area contributed by atoms with Gasteiger partial charge in [0, 0.05) is 45.0 Å². The second-order valence-corrected chi connectivity index (χ2v) is 9.13. The summed E-state index contributed by atoms with van der Waals surface area (Å²) in [5.74, 6) is 1.32. The van der Waals surface area contributed by atoms with Crippen molar-refractivity contribution in [2.75, 3.05) is 52.2 Å². The number of hydrogen-bond acceptors (Lipinski definition) is 4. The second-order valence-electron chi connectivity index (χ2n) is 9.13. The van der Waals surface area contributed by atoms with Crippen LogP contribution in [0.5, 0.6) is 5.75 Å². The number of carbonyl (C=O) groups excluding carboxylic acids is 2. The maximum atomic E-state index is 12.9. The molecular weight excluding hydrogens is 380 g/mol. The second kappa shape index (κ2) is 8.10. The lowest BCUT2D eigenvalue weighted by Crippen LogP contribution is -2.50. The van der Waals surface area contributed by atoms with Gasteiger partial charge in [-0.05, 0) is 55.7 Å². The van der Waals surface area contributed by atoms with E-state index in [0.717, 1.165) is 69.8 Å². The highest BCUT2D eigenvalue weighted by Gasteiger charge is 2.63. The summed E-state index contributed by atoms with van der Waals surface area (Å²) in [4.78, 5) is 30.1. The lowest BCUT2D eigenvalue weighted by atomic mass is 9.65. The number of benzene rings is 1. The van der Waals surface area contributed by atoms with Gasteiger partial charge >= 0.3 is 6.03 Å². The lowest BCUT2D eigenvalue weighted by Gasteiger charge is -2.44. The van der Waals surface area contributed by atoms with Crippen molar-refractivity contribution >= 4 is 17.6 Å². The fraction of sp³-hybridized carbons (Fsp3) is 0.652. The molecule has 0 bridgehead atoms. The van der Waals surface area contributed by atoms with Gasteiger partial charge in [-0.3, -0.25) is 4.79 Å². The molecule has 1 aromatic rings. The number of fused-ring (bicyclic) bond motifs is 2. The first kappa shape index (κ1) is 21.0. The summed E-state index contributed by atoms with van der Waals surface area (Å²) in [6, 6.07) is 7.38. The van der Waals surface area contributed by atoms with Gasteiger partial charge in [-0.25, -0.2) is 4.79 Å². The molecule has 2 aliphatic heterocycles. The summed E-state index contributed by atoms with van der Waals surface area (Å²) in [6.07, 6.45) is 4.00. The molecule has 0 aromatic heterocycles. The van der Waals surface area contributed by atoms with E-state index in [9.17, 15) is 9.59 Å². The maximum absolute atomic E-state index is 12.9. The average molecular weight is 415 g/mol. The SMILES string of the molecule is CCN1C[C@H]2C3(CCN(C(=O)Nc4cccc(OC)c4)CC3)CC[C@@]2(C(=O)NC)C1. The lowest BCUT2D eigenvalue weighted by molar-refractivity contribution is -0.132. The number of carbonyl (C=O) groups is 2. The van der Waals surface area contributed by atoms with Crippen molar-refractivity contribution in [3.8, 4) is 5.75 Å². The molecule has 30 heavy (non-hydrogen) atoms. The Morgan fingerprint density at radius 2 is 1.97 bits per heavy atom. The molecule has 0 radical (unpaired) electrons. The molecule has 2 N–H and O–H groups in total. The van der Waals surface area contributed by atoms with Gasteiger partial charge in [0.15, 0.2) is 0 Å². The molecule has 0 unspecified atom stereocenters. The van der Waals surface area contributed by atoms with Crippen molar-refractivity contribution in [1.29, 1.82) is 0 Å². The Bertz CT molecular complexity index is 805. The molecule has 2 saturated heterocycles. The predicted octanol–water partition coefficient (Wildman–Crippen LogP) is 2.79. The summed E-state index contributed by atoms with van der Waals surface area (Å²) >= 11 is 0. The van der Waals surface area contributed by atoms with Crippen LogP contribution in [0.4, 0.5) is 10.5 Å². The van der Waals surface area contributed by atoms with E-state index in [-0.39, 0.29) is 22.8 Å². The molecular formula is C23H34N4O3. The Hall–Kier alpha value is -2.28. The van der Waals surface area contributed by atoms with Crippen LogP contribution in [0.15, 0.2) is 24.3 Å². The quantitative estimate of drug-likeness (QED) is 0.795. The van der Waals surface area contributed by atoms with Crippen molar-refractivity contribution in [2.24, 2.45) is 16.7 Å². The van der Waals surface area contributed by atoms with Gasteiger partial charge in [-0.15, -0.1) is 0 Å². The van der Waals surface area contributed by atoms with Crippen LogP contribution >= 0.6 is 0 Å². The Morgan fingerprint density at radius 3 is 2.63 bits per heavy atom. The molecule has 164 valence electrons. The van der Waals surface area contributed by atoms with Gasteiger partial charge in [0.25, 0.3) is 0 Å². The van der Waals surface area contributed by atoms with Gasteiger partial charge in [-0.1, -0.05) is 13.0 Å². The van der Waals surface area contributed by atoms with Crippen LogP contribution in [-0.2, 0) is 4.79 Å². The van der Waals surface area contributed by atoms with Gasteiger partial charge in [0.1, 0.15) is 5.75 Å². The van der Waals surface area contributed by atoms with Gasteiger partial charge in [0.2, 0.25) is 5.91 Å². The number of nitrogens with zero attached hydrogens (tertiary/aromatic N) is 2. The summed E-state index contributed by atoms with van der Waals surface area (Å²) in [7, 11) is 3.38. The van der Waals surface area contributed by atoms with Crippen molar-refractivity contribution in [2.45, 2.75) is 32.6 Å². The number of urea groups is 1. The van der Waals surface area contributed by atoms with E-state index in [1.54, 1.807) is 14.2 Å². The van der Waals surface area contributed by atoms with Crippen molar-refractivity contribution < 1.29 is 14.3 Å². The molecule has 1 saturated carbocycles. The highest BCUT2D eigenvalue weighted by Crippen LogP contribution is 2.62. The van der Waals surface area contributed by atoms with Crippen molar-refractivity contribution in [3.63, 3.8) is 0 Å². The number of anilines is 1. The van der Waals surface area contributed by atoms with Crippen LogP contribution in [0.2, 0.25) is 0 Å². The highest BCUT2D eigenvalue weighted by atomic mass is 16.5. The van der Waals surface area contributed by atoms with E-state index in [0.29, 0.717) is 5.92 Å². The van der Waals surface area contributed by atoms with Gasteiger partial charge in [0.05, 0.1) is 12.5 Å². The van der Waals surface area contributed by atoms with E-state index < -0.39 is 0 Å². The fourth-order valence-corrected chi connectivity index (χ4v) is 6.18. The Labute approximate surface area is 179 Å². The molecule has 7 nitrogen and oxygen atoms in total. The fourth-order valence-electron chi connectivity index (χ4n) is 6.18. The van der Waals surface area contributed by atoms with Crippen LogP contribution in [-0.4, -0.2) is 68.6 Å². The molecule has 2 heterocycles. The maximum Gasteiger partial charge on any atom is 0.321 e. The van der Waals surface area contributed by atoms with Crippen LogP contribution in [0.1, 0.15) is 32.6 Å². The molecule has 1 spiro atoms. The first-order valence-electron chi connectivity index (χ1n) is 11.1. The summed E-state index contributed by atoms with van der Waals surface area (Å²) in [5.41, 5.74) is 0.660. The highest BCUT2D eigenvalue weighted by molar-refractivity contribution is 5.89. The number of hydrogen-bond donors (Lipinski definition) is 2. The summed E-state index contributed by atoms with van der Waals surface area (Å²) in [6.45, 7) is 6.51. The zero-order valence-corrected chi connectivity index (χ0v) is 18.4. The topological polar surface area (TPSA) is 73.9 Å². The van der Waals surface area contributed by atoms with Gasteiger partial charge in [-0.2, -0.15) is 0 Å². The minimum Gasteiger partial charge on any atom is -0.497 e. The zero-order chi connectivity index (χ0) is 21.4. The Kier molecular flexibility index (Phi) is 5.66. The first-order chi connectivity index (χ1) is 14.5. The largest absolute Gasteiger partial charge is 0.497 e. The van der Waals surface area contributed by atoms with Crippen LogP contribution in [0, 0.1) is 16.7 Å². The number of amides is 3. The van der Waals surface area contributed by atoms with Crippen LogP contribution in [0.25, 0.3) is 0 Å². The monoisotopic (exact) mass is 414 g/mol. The van der Waals surface area contributed by atoms with Crippen LogP contribution < -0.4 is 15.4 Å². The smallest absolute Gasteiger partial charge is 0.321 e. The molecule has 2 atom stereocenters. The number of rotatable bonds is 4. The number of piperidine rings is 1. The van der Waals surface area contributed by atoms with Crippen molar-refractivity contribution in [1.82, 2.24) is 15.1 Å². The molecule has 3 fully saturated rings. The normalized spacial score (nSPS) is 27.7. The zero-order valence-electron chi connectivity index (χ0n) is 18.4. The third-order valence-electron chi connectivity index (χ3n) is 7.92. The van der Waals surface area contributed by atoms with Gasteiger partial charge < -0.3 is 25.2 Å². The summed E-state index contributed by atoms with van der Waals surface area (Å²) < 4.78 is 5.24. The number of ether oxygens (including phenoxy) is 1. The van der Waals surface area contributed by atoms with Crippen molar-refractivity contribution in [3.05, 3.63) is 24.3 Å². The molecule has 1 aliphatic carbocycles. The van der Waals surface area contributed by atoms with E-state index in [1.165, 1.54) is 0 Å². The van der Waals surface area contributed by atoms with Crippen LogP contribution in [0.3, 0.4) is 0 Å². The standard InChI is InChI=1S/C23H34N4O3/c1-4-26-15-19-22(8-9-23(19,16-26)20(28)24-2)10-12-27(13-11-22)21(29)25-17-6-5-7-18(14-17)30-3/h5-7,14,19H,4,8-13,15-16H2,1-3H3,(H,24,28)(H,25,29)/t19-,23+/m0/s1.